The molecule has 0 radical (unpaired) electrons. The Morgan fingerprint density at radius 3 is 2.25 bits per heavy atom. The molecule has 0 N–H and O–H groups in total. The third kappa shape index (κ3) is 4.99. The summed E-state index contributed by atoms with van der Waals surface area (Å²) in [6.45, 7) is 6.34. The molecule has 32 heavy (non-hydrogen) atoms. The minimum absolute atomic E-state index is 0.0876. The number of carbonyl (C=O) groups excluding carboxylic acids is 1. The Morgan fingerprint density at radius 1 is 1.00 bits per heavy atom. The summed E-state index contributed by atoms with van der Waals surface area (Å²) in [6.07, 6.45) is 1.50. The molecule has 2 aromatic carbocycles. The van der Waals surface area contributed by atoms with E-state index in [0.717, 1.165) is 40.7 Å². The van der Waals surface area contributed by atoms with Crippen molar-refractivity contribution in [3.05, 3.63) is 75.1 Å². The van der Waals surface area contributed by atoms with Gasteiger partial charge in [-0.3, -0.25) is 9.59 Å². The maximum Gasteiger partial charge on any atom is 0.295 e. The van der Waals surface area contributed by atoms with Crippen molar-refractivity contribution in [2.24, 2.45) is 7.05 Å². The van der Waals surface area contributed by atoms with Gasteiger partial charge in [0.1, 0.15) is 6.61 Å². The standard InChI is InChI=1S/C25H28N2O5/c1-5-19-12-17(3)13-20(6-2)21(19)22-23(31-14-18-10-8-7-9-11-18)24(32-16-30-15-28)26-27(4)25(22)29/h7-13,15H,5-6,14,16H2,1-4H3. The summed E-state index contributed by atoms with van der Waals surface area (Å²) in [7, 11) is 1.56. The van der Waals surface area contributed by atoms with Gasteiger partial charge in [0.05, 0.1) is 5.56 Å². The Balaban J connectivity index is 2.24. The number of aryl methyl sites for hydroxylation is 4. The van der Waals surface area contributed by atoms with Crippen molar-refractivity contribution in [2.45, 2.75) is 40.2 Å². The molecule has 0 aliphatic heterocycles. The van der Waals surface area contributed by atoms with Crippen molar-refractivity contribution in [1.82, 2.24) is 9.78 Å². The van der Waals surface area contributed by atoms with E-state index in [2.05, 4.69) is 31.1 Å². The summed E-state index contributed by atoms with van der Waals surface area (Å²) in [5, 5.41) is 4.23. The van der Waals surface area contributed by atoms with Crippen molar-refractivity contribution in [3.63, 3.8) is 0 Å². The lowest BCUT2D eigenvalue weighted by atomic mass is 9.90. The number of benzene rings is 2. The van der Waals surface area contributed by atoms with Crippen LogP contribution in [0.5, 0.6) is 11.6 Å². The van der Waals surface area contributed by atoms with Gasteiger partial charge in [0.15, 0.2) is 5.75 Å². The number of ether oxygens (including phenoxy) is 3. The fraction of sp³-hybridized carbons (Fsp3) is 0.320. The molecule has 0 saturated carbocycles. The molecule has 0 fully saturated rings. The minimum Gasteiger partial charge on any atom is -0.482 e. The number of nitrogens with zero attached hydrogens (tertiary/aromatic N) is 2. The highest BCUT2D eigenvalue weighted by atomic mass is 16.7. The van der Waals surface area contributed by atoms with E-state index in [9.17, 15) is 9.59 Å². The Morgan fingerprint density at radius 2 is 1.66 bits per heavy atom. The van der Waals surface area contributed by atoms with Crippen LogP contribution >= 0.6 is 0 Å². The topological polar surface area (TPSA) is 79.7 Å². The van der Waals surface area contributed by atoms with Crippen LogP contribution in [-0.4, -0.2) is 23.0 Å². The van der Waals surface area contributed by atoms with E-state index in [-0.39, 0.29) is 37.1 Å². The SMILES string of the molecule is CCc1cc(C)cc(CC)c1-c1c(OCc2ccccc2)c(OCOC=O)nn(C)c1=O. The highest BCUT2D eigenvalue weighted by molar-refractivity contribution is 5.78. The van der Waals surface area contributed by atoms with Crippen LogP contribution < -0.4 is 15.0 Å². The number of carbonyl (C=O) groups is 1. The number of aromatic nitrogens is 2. The van der Waals surface area contributed by atoms with Crippen LogP contribution in [0.1, 0.15) is 36.1 Å². The van der Waals surface area contributed by atoms with E-state index in [4.69, 9.17) is 14.2 Å². The molecule has 7 heteroatoms. The van der Waals surface area contributed by atoms with Crippen molar-refractivity contribution < 1.29 is 19.0 Å². The van der Waals surface area contributed by atoms with Gasteiger partial charge in [-0.15, -0.1) is 5.10 Å². The second-order valence-corrected chi connectivity index (χ2v) is 7.40. The number of rotatable bonds is 10. The molecule has 168 valence electrons. The zero-order valence-electron chi connectivity index (χ0n) is 18.9. The smallest absolute Gasteiger partial charge is 0.295 e. The van der Waals surface area contributed by atoms with Gasteiger partial charge in [0.2, 0.25) is 6.79 Å². The van der Waals surface area contributed by atoms with Crippen LogP contribution in [0.2, 0.25) is 0 Å². The van der Waals surface area contributed by atoms with Gasteiger partial charge in [-0.1, -0.05) is 61.9 Å². The maximum atomic E-state index is 13.4. The third-order valence-corrected chi connectivity index (χ3v) is 5.19. The number of hydrogen-bond donors (Lipinski definition) is 0. The van der Waals surface area contributed by atoms with Gasteiger partial charge < -0.3 is 14.2 Å². The number of hydrogen-bond acceptors (Lipinski definition) is 6. The van der Waals surface area contributed by atoms with Gasteiger partial charge in [-0.2, -0.15) is 0 Å². The summed E-state index contributed by atoms with van der Waals surface area (Å²) in [4.78, 5) is 24.0. The first kappa shape index (κ1) is 23.1. The summed E-state index contributed by atoms with van der Waals surface area (Å²) in [5.74, 6) is 0.323. The molecule has 0 saturated heterocycles. The van der Waals surface area contributed by atoms with Crippen molar-refractivity contribution >= 4 is 6.47 Å². The Hall–Kier alpha value is -3.61. The molecular weight excluding hydrogens is 408 g/mol. The zero-order valence-corrected chi connectivity index (χ0v) is 18.9. The van der Waals surface area contributed by atoms with Crippen LogP contribution in [0, 0.1) is 6.92 Å². The van der Waals surface area contributed by atoms with Crippen LogP contribution in [-0.2, 0) is 36.0 Å². The maximum absolute atomic E-state index is 13.4. The lowest BCUT2D eigenvalue weighted by Gasteiger charge is -2.20. The predicted octanol–water partition coefficient (Wildman–Crippen LogP) is 3.97. The lowest BCUT2D eigenvalue weighted by molar-refractivity contribution is -0.134. The van der Waals surface area contributed by atoms with Crippen molar-refractivity contribution in [3.8, 4) is 22.8 Å². The Kier molecular flexibility index (Phi) is 7.65. The van der Waals surface area contributed by atoms with Crippen molar-refractivity contribution in [2.75, 3.05) is 6.79 Å². The molecule has 7 nitrogen and oxygen atoms in total. The first-order valence-electron chi connectivity index (χ1n) is 10.6. The molecule has 0 spiro atoms. The monoisotopic (exact) mass is 436 g/mol. The summed E-state index contributed by atoms with van der Waals surface area (Å²) in [6, 6.07) is 13.8. The highest BCUT2D eigenvalue weighted by Gasteiger charge is 2.25. The van der Waals surface area contributed by atoms with Crippen molar-refractivity contribution in [1.29, 1.82) is 0 Å². The van der Waals surface area contributed by atoms with Gasteiger partial charge in [0, 0.05) is 7.05 Å². The van der Waals surface area contributed by atoms with Gasteiger partial charge in [-0.05, 0) is 42.0 Å². The molecule has 1 heterocycles. The predicted molar refractivity (Wildman–Crippen MR) is 122 cm³/mol. The van der Waals surface area contributed by atoms with E-state index in [1.165, 1.54) is 4.68 Å². The Bertz CT molecular complexity index is 1110. The van der Waals surface area contributed by atoms with Gasteiger partial charge in [0.25, 0.3) is 17.9 Å². The molecule has 0 aliphatic rings. The normalized spacial score (nSPS) is 10.6. The van der Waals surface area contributed by atoms with E-state index >= 15 is 0 Å². The highest BCUT2D eigenvalue weighted by Crippen LogP contribution is 2.39. The van der Waals surface area contributed by atoms with Crippen LogP contribution in [0.25, 0.3) is 11.1 Å². The molecular formula is C25H28N2O5. The first-order valence-corrected chi connectivity index (χ1v) is 10.6. The van der Waals surface area contributed by atoms with E-state index in [1.807, 2.05) is 37.3 Å². The first-order chi connectivity index (χ1) is 15.5. The average Bonchev–Trinajstić information content (AvgIpc) is 2.80. The van der Waals surface area contributed by atoms with E-state index in [0.29, 0.717) is 5.56 Å². The fourth-order valence-corrected chi connectivity index (χ4v) is 3.71. The fourth-order valence-electron chi connectivity index (χ4n) is 3.71. The third-order valence-electron chi connectivity index (χ3n) is 5.19. The van der Waals surface area contributed by atoms with E-state index in [1.54, 1.807) is 7.05 Å². The van der Waals surface area contributed by atoms with Crippen LogP contribution in [0.15, 0.2) is 47.3 Å². The second kappa shape index (κ2) is 10.6. The lowest BCUT2D eigenvalue weighted by Crippen LogP contribution is -2.25. The molecule has 0 bridgehead atoms. The molecule has 1 aromatic heterocycles. The van der Waals surface area contributed by atoms with Crippen LogP contribution in [0.4, 0.5) is 0 Å². The molecule has 0 unspecified atom stereocenters. The Labute approximate surface area is 187 Å². The van der Waals surface area contributed by atoms with E-state index < -0.39 is 0 Å². The summed E-state index contributed by atoms with van der Waals surface area (Å²) >= 11 is 0. The van der Waals surface area contributed by atoms with Crippen LogP contribution in [0.3, 0.4) is 0 Å². The average molecular weight is 437 g/mol. The van der Waals surface area contributed by atoms with Gasteiger partial charge in [-0.25, -0.2) is 4.68 Å². The largest absolute Gasteiger partial charge is 0.482 e. The molecule has 0 atom stereocenters. The zero-order chi connectivity index (χ0) is 23.1. The molecule has 3 rings (SSSR count). The molecule has 3 aromatic rings. The molecule has 0 aliphatic carbocycles. The minimum atomic E-state index is -0.342. The quantitative estimate of drug-likeness (QED) is 0.272. The summed E-state index contributed by atoms with van der Waals surface area (Å²) in [5.41, 5.74) is 5.11. The summed E-state index contributed by atoms with van der Waals surface area (Å²) < 4.78 is 17.7. The molecule has 0 amide bonds. The second-order valence-electron chi connectivity index (χ2n) is 7.40. The van der Waals surface area contributed by atoms with Gasteiger partial charge >= 0.3 is 0 Å².